The summed E-state index contributed by atoms with van der Waals surface area (Å²) in [7, 11) is -3.62. The van der Waals surface area contributed by atoms with E-state index in [1.807, 2.05) is 44.7 Å². The van der Waals surface area contributed by atoms with Gasteiger partial charge in [-0.3, -0.25) is 4.79 Å². The third kappa shape index (κ3) is 5.28. The van der Waals surface area contributed by atoms with Crippen LogP contribution in [-0.4, -0.2) is 62.8 Å². The smallest absolute Gasteiger partial charge is 0.243 e. The van der Waals surface area contributed by atoms with Crippen molar-refractivity contribution in [2.45, 2.75) is 39.0 Å². The fourth-order valence-corrected chi connectivity index (χ4v) is 5.05. The van der Waals surface area contributed by atoms with Crippen molar-refractivity contribution >= 4 is 15.9 Å². The molecule has 1 N–H and O–H groups in total. The van der Waals surface area contributed by atoms with E-state index in [9.17, 15) is 13.2 Å². The van der Waals surface area contributed by atoms with Gasteiger partial charge in [-0.25, -0.2) is 8.42 Å². The molecule has 0 unspecified atom stereocenters. The highest BCUT2D eigenvalue weighted by molar-refractivity contribution is 7.89. The molecule has 0 atom stereocenters. The zero-order valence-corrected chi connectivity index (χ0v) is 17.1. The summed E-state index contributed by atoms with van der Waals surface area (Å²) in [6.45, 7) is 11.3. The van der Waals surface area contributed by atoms with Crippen LogP contribution in [-0.2, 0) is 14.8 Å². The lowest BCUT2D eigenvalue weighted by atomic mass is 10.2. The van der Waals surface area contributed by atoms with Crippen LogP contribution in [0.15, 0.2) is 23.1 Å². The van der Waals surface area contributed by atoms with Gasteiger partial charge in [-0.2, -0.15) is 4.31 Å². The number of hydrogen-bond donors (Lipinski definition) is 1. The van der Waals surface area contributed by atoms with Crippen molar-refractivity contribution in [2.24, 2.45) is 5.92 Å². The van der Waals surface area contributed by atoms with Crippen molar-refractivity contribution < 1.29 is 13.2 Å². The van der Waals surface area contributed by atoms with Crippen molar-refractivity contribution in [3.05, 3.63) is 29.3 Å². The Morgan fingerprint density at radius 2 is 1.88 bits per heavy atom. The molecule has 0 spiro atoms. The van der Waals surface area contributed by atoms with Gasteiger partial charge in [0.1, 0.15) is 0 Å². The molecular weight excluding hydrogens is 350 g/mol. The molecule has 1 amide bonds. The second-order valence-corrected chi connectivity index (χ2v) is 9.31. The Labute approximate surface area is 157 Å². The van der Waals surface area contributed by atoms with Crippen molar-refractivity contribution in [3.63, 3.8) is 0 Å². The highest BCUT2D eigenvalue weighted by atomic mass is 32.2. The summed E-state index contributed by atoms with van der Waals surface area (Å²) in [5.74, 6) is 0.209. The molecule has 1 fully saturated rings. The molecule has 1 aromatic carbocycles. The summed E-state index contributed by atoms with van der Waals surface area (Å²) in [4.78, 5) is 14.6. The first-order valence-corrected chi connectivity index (χ1v) is 10.7. The van der Waals surface area contributed by atoms with Crippen molar-refractivity contribution in [1.82, 2.24) is 14.5 Å². The minimum absolute atomic E-state index is 0.0242. The lowest BCUT2D eigenvalue weighted by molar-refractivity contribution is -0.131. The summed E-state index contributed by atoms with van der Waals surface area (Å²) in [5, 5.41) is 3.22. The first-order chi connectivity index (χ1) is 12.2. The number of nitrogens with one attached hydrogen (secondary N) is 1. The molecular formula is C19H31N3O3S. The number of hydrogen-bond acceptors (Lipinski definition) is 4. The monoisotopic (exact) mass is 381 g/mol. The normalized spacial score (nSPS) is 15.7. The van der Waals surface area contributed by atoms with Gasteiger partial charge in [-0.15, -0.1) is 0 Å². The van der Waals surface area contributed by atoms with Crippen LogP contribution in [0.3, 0.4) is 0 Å². The van der Waals surface area contributed by atoms with E-state index in [0.717, 1.165) is 24.2 Å². The molecule has 6 nitrogen and oxygen atoms in total. The second kappa shape index (κ2) is 8.97. The van der Waals surface area contributed by atoms with Crippen LogP contribution in [0.25, 0.3) is 0 Å². The van der Waals surface area contributed by atoms with E-state index in [1.165, 1.54) is 4.31 Å². The summed E-state index contributed by atoms with van der Waals surface area (Å²) in [6, 6.07) is 5.37. The van der Waals surface area contributed by atoms with Crippen LogP contribution in [0.4, 0.5) is 0 Å². The zero-order valence-electron chi connectivity index (χ0n) is 16.3. The number of nitrogens with zero attached hydrogens (tertiary/aromatic N) is 2. The molecule has 7 heteroatoms. The lowest BCUT2D eigenvalue weighted by Gasteiger charge is -2.29. The quantitative estimate of drug-likeness (QED) is 0.782. The van der Waals surface area contributed by atoms with Gasteiger partial charge in [0.15, 0.2) is 0 Å². The third-order valence-corrected chi connectivity index (χ3v) is 6.59. The van der Waals surface area contributed by atoms with E-state index in [1.54, 1.807) is 6.07 Å². The molecule has 0 saturated carbocycles. The molecule has 26 heavy (non-hydrogen) atoms. The first kappa shape index (κ1) is 20.9. The molecule has 0 radical (unpaired) electrons. The van der Waals surface area contributed by atoms with E-state index in [4.69, 9.17) is 0 Å². The van der Waals surface area contributed by atoms with Gasteiger partial charge in [-0.1, -0.05) is 31.5 Å². The minimum atomic E-state index is -3.62. The Hall–Kier alpha value is -1.44. The standard InChI is InChI=1S/C19H31N3O3S/c1-15(2)14-22(10-7-19(23)21-11-8-20-9-12-21)26(24,25)18-6-5-16(3)13-17(18)4/h5-6,13,15,20H,7-12,14H2,1-4H3. The Morgan fingerprint density at radius 3 is 2.46 bits per heavy atom. The molecule has 2 rings (SSSR count). The number of rotatable bonds is 7. The van der Waals surface area contributed by atoms with Crippen molar-refractivity contribution in [1.29, 1.82) is 0 Å². The van der Waals surface area contributed by atoms with Gasteiger partial charge in [0.2, 0.25) is 15.9 Å². The third-order valence-electron chi connectivity index (χ3n) is 4.56. The van der Waals surface area contributed by atoms with E-state index in [-0.39, 0.29) is 24.8 Å². The van der Waals surface area contributed by atoms with E-state index in [0.29, 0.717) is 24.5 Å². The summed E-state index contributed by atoms with van der Waals surface area (Å²) < 4.78 is 27.8. The number of carbonyl (C=O) groups excluding carboxylic acids is 1. The predicted octanol–water partition coefficient (Wildman–Crippen LogP) is 1.77. The van der Waals surface area contributed by atoms with Gasteiger partial charge < -0.3 is 10.2 Å². The number of carbonyl (C=O) groups is 1. The maximum Gasteiger partial charge on any atom is 0.243 e. The van der Waals surface area contributed by atoms with Gasteiger partial charge >= 0.3 is 0 Å². The van der Waals surface area contributed by atoms with Crippen LogP contribution in [0, 0.1) is 19.8 Å². The first-order valence-electron chi connectivity index (χ1n) is 9.27. The number of amides is 1. The Bertz CT molecular complexity index is 726. The molecule has 1 saturated heterocycles. The average Bonchev–Trinajstić information content (AvgIpc) is 2.58. The fraction of sp³-hybridized carbons (Fsp3) is 0.632. The van der Waals surface area contributed by atoms with Crippen LogP contribution in [0.2, 0.25) is 0 Å². The number of benzene rings is 1. The van der Waals surface area contributed by atoms with E-state index < -0.39 is 10.0 Å². The Morgan fingerprint density at radius 1 is 1.23 bits per heavy atom. The summed E-state index contributed by atoms with van der Waals surface area (Å²) in [6.07, 6.45) is 0.219. The van der Waals surface area contributed by atoms with Gasteiger partial charge in [0.25, 0.3) is 0 Å². The largest absolute Gasteiger partial charge is 0.340 e. The molecule has 1 aliphatic heterocycles. The van der Waals surface area contributed by atoms with Crippen LogP contribution in [0.5, 0.6) is 0 Å². The van der Waals surface area contributed by atoms with Crippen molar-refractivity contribution in [2.75, 3.05) is 39.3 Å². The highest BCUT2D eigenvalue weighted by Crippen LogP contribution is 2.22. The highest BCUT2D eigenvalue weighted by Gasteiger charge is 2.28. The van der Waals surface area contributed by atoms with E-state index in [2.05, 4.69) is 5.32 Å². The molecule has 1 aromatic rings. The maximum atomic E-state index is 13.2. The average molecular weight is 382 g/mol. The molecule has 1 heterocycles. The molecule has 0 bridgehead atoms. The van der Waals surface area contributed by atoms with Crippen molar-refractivity contribution in [3.8, 4) is 0 Å². The minimum Gasteiger partial charge on any atom is -0.340 e. The number of aryl methyl sites for hydroxylation is 2. The van der Waals surface area contributed by atoms with Gasteiger partial charge in [0.05, 0.1) is 4.90 Å². The number of piperazine rings is 1. The summed E-state index contributed by atoms with van der Waals surface area (Å²) >= 11 is 0. The molecule has 146 valence electrons. The number of sulfonamides is 1. The van der Waals surface area contributed by atoms with Gasteiger partial charge in [0, 0.05) is 45.7 Å². The topological polar surface area (TPSA) is 69.7 Å². The SMILES string of the molecule is Cc1ccc(S(=O)(=O)N(CCC(=O)N2CCNCC2)CC(C)C)c(C)c1. The molecule has 0 aliphatic carbocycles. The fourth-order valence-electron chi connectivity index (χ4n) is 3.24. The van der Waals surface area contributed by atoms with E-state index >= 15 is 0 Å². The maximum absolute atomic E-state index is 13.2. The predicted molar refractivity (Wildman–Crippen MR) is 104 cm³/mol. The van der Waals surface area contributed by atoms with Gasteiger partial charge in [-0.05, 0) is 31.4 Å². The summed E-state index contributed by atoms with van der Waals surface area (Å²) in [5.41, 5.74) is 1.78. The molecule has 1 aliphatic rings. The van der Waals surface area contributed by atoms with Crippen LogP contribution >= 0.6 is 0 Å². The molecule has 0 aromatic heterocycles. The zero-order chi connectivity index (χ0) is 19.3. The Kier molecular flexibility index (Phi) is 7.20. The lowest BCUT2D eigenvalue weighted by Crippen LogP contribution is -2.47. The second-order valence-electron chi connectivity index (χ2n) is 7.41. The Balaban J connectivity index is 2.16. The van der Waals surface area contributed by atoms with Crippen LogP contribution < -0.4 is 5.32 Å². The van der Waals surface area contributed by atoms with Crippen LogP contribution in [0.1, 0.15) is 31.4 Å².